The molecule has 4 nitrogen and oxygen atoms in total. The predicted molar refractivity (Wildman–Crippen MR) is 106 cm³/mol. The van der Waals surface area contributed by atoms with Crippen LogP contribution >= 0.6 is 12.4 Å². The Hall–Kier alpha value is -1.88. The molecule has 0 spiro atoms. The number of rotatable bonds is 8. The first-order valence-electron chi connectivity index (χ1n) is 8.41. The summed E-state index contributed by atoms with van der Waals surface area (Å²) in [6, 6.07) is 18.2. The van der Waals surface area contributed by atoms with Gasteiger partial charge in [-0.15, -0.1) is 12.4 Å². The molecule has 0 saturated heterocycles. The van der Waals surface area contributed by atoms with E-state index in [0.717, 1.165) is 18.5 Å². The third kappa shape index (κ3) is 6.86. The zero-order valence-corrected chi connectivity index (χ0v) is 15.8. The fourth-order valence-corrected chi connectivity index (χ4v) is 2.54. The van der Waals surface area contributed by atoms with Gasteiger partial charge in [0, 0.05) is 31.2 Å². The van der Waals surface area contributed by atoms with E-state index in [1.54, 1.807) is 0 Å². The molecular formula is C20H28ClN3O. The lowest BCUT2D eigenvalue weighted by molar-refractivity contribution is 0.0949. The Bertz CT molecular complexity index is 631. The van der Waals surface area contributed by atoms with Gasteiger partial charge in [0.15, 0.2) is 0 Å². The van der Waals surface area contributed by atoms with E-state index in [9.17, 15) is 4.79 Å². The van der Waals surface area contributed by atoms with E-state index in [1.165, 1.54) is 5.56 Å². The number of amides is 1. The lowest BCUT2D eigenvalue weighted by atomic mass is 10.1. The zero-order chi connectivity index (χ0) is 17.4. The van der Waals surface area contributed by atoms with E-state index in [-0.39, 0.29) is 18.3 Å². The number of hydrogen-bond acceptors (Lipinski definition) is 3. The maximum atomic E-state index is 12.1. The summed E-state index contributed by atoms with van der Waals surface area (Å²) in [6.45, 7) is 4.26. The minimum Gasteiger partial charge on any atom is -0.352 e. The van der Waals surface area contributed by atoms with Crippen molar-refractivity contribution >= 4 is 18.3 Å². The smallest absolute Gasteiger partial charge is 0.251 e. The number of nitrogens with one attached hydrogen (secondary N) is 1. The van der Waals surface area contributed by atoms with Crippen LogP contribution in [0.15, 0.2) is 54.6 Å². The molecule has 1 amide bonds. The number of hydrogen-bond donors (Lipinski definition) is 2. The van der Waals surface area contributed by atoms with E-state index in [4.69, 9.17) is 5.73 Å². The highest BCUT2D eigenvalue weighted by Crippen LogP contribution is 2.08. The van der Waals surface area contributed by atoms with Crippen LogP contribution in [0, 0.1) is 0 Å². The van der Waals surface area contributed by atoms with Crippen LogP contribution in [0.1, 0.15) is 34.8 Å². The summed E-state index contributed by atoms with van der Waals surface area (Å²) in [5.41, 5.74) is 8.58. The molecule has 0 fully saturated rings. The Balaban J connectivity index is 0.00000312. The van der Waals surface area contributed by atoms with Gasteiger partial charge >= 0.3 is 0 Å². The van der Waals surface area contributed by atoms with Crippen molar-refractivity contribution < 1.29 is 4.79 Å². The van der Waals surface area contributed by atoms with E-state index >= 15 is 0 Å². The molecule has 1 unspecified atom stereocenters. The molecule has 0 saturated carbocycles. The standard InChI is InChI=1S/C20H27N3O.ClH/c1-16(23(2)15-18-6-4-3-5-7-18)12-13-22-20(24)19-10-8-17(14-21)9-11-19;/h3-11,16H,12-15,21H2,1-2H3,(H,22,24);1H. The second-order valence-electron chi connectivity index (χ2n) is 6.20. The molecule has 25 heavy (non-hydrogen) atoms. The van der Waals surface area contributed by atoms with E-state index in [1.807, 2.05) is 30.3 Å². The predicted octanol–water partition coefficient (Wildman–Crippen LogP) is 3.21. The number of nitrogens with two attached hydrogens (primary N) is 1. The van der Waals surface area contributed by atoms with Crippen molar-refractivity contribution in [3.8, 4) is 0 Å². The molecule has 2 rings (SSSR count). The number of carbonyl (C=O) groups is 1. The molecule has 0 aromatic heterocycles. The Morgan fingerprint density at radius 3 is 2.32 bits per heavy atom. The molecule has 0 heterocycles. The fourth-order valence-electron chi connectivity index (χ4n) is 2.54. The van der Waals surface area contributed by atoms with Gasteiger partial charge in [-0.1, -0.05) is 42.5 Å². The molecule has 2 aromatic rings. The summed E-state index contributed by atoms with van der Waals surface area (Å²) in [5.74, 6) is -0.0310. The zero-order valence-electron chi connectivity index (χ0n) is 14.9. The van der Waals surface area contributed by atoms with Crippen LogP contribution in [-0.2, 0) is 13.1 Å². The molecule has 2 aromatic carbocycles. The largest absolute Gasteiger partial charge is 0.352 e. The third-order valence-electron chi connectivity index (χ3n) is 4.33. The first-order chi connectivity index (χ1) is 11.6. The van der Waals surface area contributed by atoms with E-state index in [2.05, 4.69) is 48.5 Å². The third-order valence-corrected chi connectivity index (χ3v) is 4.33. The van der Waals surface area contributed by atoms with Crippen molar-refractivity contribution in [1.29, 1.82) is 0 Å². The second-order valence-corrected chi connectivity index (χ2v) is 6.20. The summed E-state index contributed by atoms with van der Waals surface area (Å²) in [6.07, 6.45) is 0.913. The summed E-state index contributed by atoms with van der Waals surface area (Å²) in [5, 5.41) is 2.99. The highest BCUT2D eigenvalue weighted by Gasteiger charge is 2.11. The maximum Gasteiger partial charge on any atom is 0.251 e. The topological polar surface area (TPSA) is 58.4 Å². The minimum atomic E-state index is -0.0310. The lowest BCUT2D eigenvalue weighted by Gasteiger charge is -2.25. The average molecular weight is 362 g/mol. The van der Waals surface area contributed by atoms with Gasteiger partial charge in [-0.25, -0.2) is 0 Å². The molecule has 0 aliphatic carbocycles. The summed E-state index contributed by atoms with van der Waals surface area (Å²) < 4.78 is 0. The van der Waals surface area contributed by atoms with Gasteiger partial charge in [0.2, 0.25) is 0 Å². The first kappa shape index (κ1) is 21.2. The van der Waals surface area contributed by atoms with Crippen LogP contribution < -0.4 is 11.1 Å². The normalized spacial score (nSPS) is 11.7. The monoisotopic (exact) mass is 361 g/mol. The van der Waals surface area contributed by atoms with Gasteiger partial charge in [-0.2, -0.15) is 0 Å². The summed E-state index contributed by atoms with van der Waals surface area (Å²) in [7, 11) is 2.12. The maximum absolute atomic E-state index is 12.1. The minimum absolute atomic E-state index is 0. The first-order valence-corrected chi connectivity index (χ1v) is 8.41. The molecule has 0 radical (unpaired) electrons. The molecule has 0 aliphatic rings. The fraction of sp³-hybridized carbons (Fsp3) is 0.350. The van der Waals surface area contributed by atoms with Crippen molar-refractivity contribution in [3.05, 3.63) is 71.3 Å². The number of carbonyl (C=O) groups excluding carboxylic acids is 1. The van der Waals surface area contributed by atoms with Crippen LogP contribution in [0.2, 0.25) is 0 Å². The van der Waals surface area contributed by atoms with Crippen LogP contribution in [0.3, 0.4) is 0 Å². The molecular weight excluding hydrogens is 334 g/mol. The molecule has 5 heteroatoms. The van der Waals surface area contributed by atoms with Gasteiger partial charge in [-0.3, -0.25) is 9.69 Å². The van der Waals surface area contributed by atoms with Crippen LogP contribution in [0.25, 0.3) is 0 Å². The van der Waals surface area contributed by atoms with Gasteiger partial charge in [0.1, 0.15) is 0 Å². The number of benzene rings is 2. The van der Waals surface area contributed by atoms with Crippen LogP contribution in [0.5, 0.6) is 0 Å². The van der Waals surface area contributed by atoms with Crippen molar-refractivity contribution in [1.82, 2.24) is 10.2 Å². The lowest BCUT2D eigenvalue weighted by Crippen LogP contribution is -2.33. The van der Waals surface area contributed by atoms with Gasteiger partial charge < -0.3 is 11.1 Å². The second kappa shape index (κ2) is 10.9. The highest BCUT2D eigenvalue weighted by molar-refractivity contribution is 5.94. The van der Waals surface area contributed by atoms with E-state index in [0.29, 0.717) is 24.7 Å². The Morgan fingerprint density at radius 2 is 1.72 bits per heavy atom. The van der Waals surface area contributed by atoms with Gasteiger partial charge in [0.05, 0.1) is 0 Å². The van der Waals surface area contributed by atoms with Crippen molar-refractivity contribution in [2.75, 3.05) is 13.6 Å². The number of halogens is 1. The summed E-state index contributed by atoms with van der Waals surface area (Å²) >= 11 is 0. The quantitative estimate of drug-likeness (QED) is 0.759. The van der Waals surface area contributed by atoms with Crippen LogP contribution in [-0.4, -0.2) is 30.4 Å². The molecule has 0 bridgehead atoms. The molecule has 0 aliphatic heterocycles. The van der Waals surface area contributed by atoms with Crippen LogP contribution in [0.4, 0.5) is 0 Å². The molecule has 3 N–H and O–H groups in total. The molecule has 1 atom stereocenters. The van der Waals surface area contributed by atoms with E-state index < -0.39 is 0 Å². The summed E-state index contributed by atoms with van der Waals surface area (Å²) in [4.78, 5) is 14.4. The Kier molecular flexibility index (Phi) is 9.21. The van der Waals surface area contributed by atoms with Crippen molar-refractivity contribution in [3.63, 3.8) is 0 Å². The molecule has 136 valence electrons. The van der Waals surface area contributed by atoms with Crippen molar-refractivity contribution in [2.24, 2.45) is 5.73 Å². The van der Waals surface area contributed by atoms with Gasteiger partial charge in [0.25, 0.3) is 5.91 Å². The highest BCUT2D eigenvalue weighted by atomic mass is 35.5. The average Bonchev–Trinajstić information content (AvgIpc) is 2.62. The Morgan fingerprint density at radius 1 is 1.08 bits per heavy atom. The van der Waals surface area contributed by atoms with Gasteiger partial charge in [-0.05, 0) is 43.7 Å². The van der Waals surface area contributed by atoms with Crippen molar-refractivity contribution in [2.45, 2.75) is 32.5 Å². The SMILES string of the molecule is CC(CCNC(=O)c1ccc(CN)cc1)N(C)Cc1ccccc1.Cl. The number of nitrogens with zero attached hydrogens (tertiary/aromatic N) is 1. The Labute approximate surface area is 156 Å².